The van der Waals surface area contributed by atoms with Gasteiger partial charge in [-0.05, 0) is 42.3 Å². The van der Waals surface area contributed by atoms with Gasteiger partial charge in [0.15, 0.2) is 0 Å². The lowest BCUT2D eigenvalue weighted by atomic mass is 10.1. The Morgan fingerprint density at radius 3 is 2.63 bits per heavy atom. The molecule has 2 amide bonds. The molecule has 27 heavy (non-hydrogen) atoms. The number of unbranched alkanes of at least 4 members (excludes halogenated alkanes) is 1. The summed E-state index contributed by atoms with van der Waals surface area (Å²) in [7, 11) is 0. The molecule has 0 atom stereocenters. The fourth-order valence-corrected chi connectivity index (χ4v) is 2.90. The summed E-state index contributed by atoms with van der Waals surface area (Å²) in [4.78, 5) is 38.3. The number of hydrogen-bond donors (Lipinski definition) is 0. The Kier molecular flexibility index (Phi) is 5.32. The van der Waals surface area contributed by atoms with Crippen LogP contribution < -0.4 is 0 Å². The van der Waals surface area contributed by atoms with Crippen LogP contribution in [-0.2, 0) is 11.3 Å². The average Bonchev–Trinajstić information content (AvgIpc) is 2.94. The Morgan fingerprint density at radius 1 is 1.11 bits per heavy atom. The van der Waals surface area contributed by atoms with Gasteiger partial charge in [0.2, 0.25) is 0 Å². The molecule has 0 unspecified atom stereocenters. The van der Waals surface area contributed by atoms with Gasteiger partial charge in [-0.2, -0.15) is 5.26 Å². The van der Waals surface area contributed by atoms with Crippen molar-refractivity contribution in [2.75, 3.05) is 6.54 Å². The summed E-state index contributed by atoms with van der Waals surface area (Å²) in [5, 5.41) is 8.91. The number of fused-ring (bicyclic) bond motifs is 1. The van der Waals surface area contributed by atoms with Gasteiger partial charge in [0.25, 0.3) is 11.8 Å². The van der Waals surface area contributed by atoms with E-state index in [1.54, 1.807) is 24.3 Å². The number of benzene rings is 2. The molecule has 6 heteroatoms. The lowest BCUT2D eigenvalue weighted by Gasteiger charge is -2.12. The normalized spacial score (nSPS) is 12.7. The molecular weight excluding hydrogens is 344 g/mol. The zero-order valence-corrected chi connectivity index (χ0v) is 14.9. The fraction of sp³-hybridized carbons (Fsp3) is 0.238. The van der Waals surface area contributed by atoms with Gasteiger partial charge < -0.3 is 4.74 Å². The quantitative estimate of drug-likeness (QED) is 0.581. The van der Waals surface area contributed by atoms with Gasteiger partial charge in [-0.3, -0.25) is 14.5 Å². The number of carbonyl (C=O) groups excluding carboxylic acids is 3. The maximum absolute atomic E-state index is 12.5. The van der Waals surface area contributed by atoms with Crippen LogP contribution in [0.25, 0.3) is 0 Å². The number of ether oxygens (including phenoxy) is 1. The van der Waals surface area contributed by atoms with Crippen molar-refractivity contribution in [3.63, 3.8) is 0 Å². The highest BCUT2D eigenvalue weighted by Gasteiger charge is 2.35. The maximum Gasteiger partial charge on any atom is 0.338 e. The molecule has 1 aliphatic heterocycles. The number of hydrogen-bond acceptors (Lipinski definition) is 5. The van der Waals surface area contributed by atoms with E-state index in [2.05, 4.69) is 0 Å². The minimum atomic E-state index is -0.590. The van der Waals surface area contributed by atoms with Crippen LogP contribution >= 0.6 is 0 Å². The number of nitrogens with zero attached hydrogens (tertiary/aromatic N) is 2. The molecule has 1 aliphatic rings. The molecule has 0 aliphatic carbocycles. The number of rotatable bonds is 6. The number of esters is 1. The van der Waals surface area contributed by atoms with E-state index in [-0.39, 0.29) is 29.5 Å². The van der Waals surface area contributed by atoms with Crippen molar-refractivity contribution in [2.45, 2.75) is 26.4 Å². The van der Waals surface area contributed by atoms with Crippen LogP contribution in [-0.4, -0.2) is 29.2 Å². The first-order valence-corrected chi connectivity index (χ1v) is 8.71. The largest absolute Gasteiger partial charge is 0.457 e. The first-order chi connectivity index (χ1) is 13.0. The second-order valence-corrected chi connectivity index (χ2v) is 6.26. The molecule has 6 nitrogen and oxygen atoms in total. The lowest BCUT2D eigenvalue weighted by Crippen LogP contribution is -2.30. The maximum atomic E-state index is 12.5. The van der Waals surface area contributed by atoms with Crippen LogP contribution in [0.1, 0.15) is 62.0 Å². The Morgan fingerprint density at radius 2 is 1.89 bits per heavy atom. The highest BCUT2D eigenvalue weighted by Crippen LogP contribution is 2.25. The zero-order chi connectivity index (χ0) is 19.4. The molecule has 1 heterocycles. The second kappa shape index (κ2) is 7.83. The Hall–Kier alpha value is -3.46. The summed E-state index contributed by atoms with van der Waals surface area (Å²) in [6, 6.07) is 13.2. The van der Waals surface area contributed by atoms with E-state index in [9.17, 15) is 14.4 Å². The monoisotopic (exact) mass is 362 g/mol. The number of nitriles is 1. The molecule has 3 rings (SSSR count). The Balaban J connectivity index is 1.73. The Bertz CT molecular complexity index is 959. The average molecular weight is 362 g/mol. The third-order valence-corrected chi connectivity index (χ3v) is 4.37. The van der Waals surface area contributed by atoms with Crippen LogP contribution in [0.15, 0.2) is 42.5 Å². The van der Waals surface area contributed by atoms with E-state index >= 15 is 0 Å². The molecule has 2 aromatic rings. The predicted octanol–water partition coefficient (Wildman–Crippen LogP) is 3.31. The van der Waals surface area contributed by atoms with E-state index in [0.29, 0.717) is 23.2 Å². The van der Waals surface area contributed by atoms with Crippen molar-refractivity contribution in [3.8, 4) is 6.07 Å². The molecule has 2 aromatic carbocycles. The molecule has 0 bridgehead atoms. The number of amides is 2. The first-order valence-electron chi connectivity index (χ1n) is 8.71. The third kappa shape index (κ3) is 3.72. The zero-order valence-electron chi connectivity index (χ0n) is 14.9. The molecule has 0 saturated heterocycles. The summed E-state index contributed by atoms with van der Waals surface area (Å²) in [5.41, 5.74) is 1.94. The number of carbonyl (C=O) groups is 3. The molecular formula is C21H18N2O4. The SMILES string of the molecule is CCCCN1C(=O)c2ccc(C(=O)OCc3cccc(C#N)c3)cc2C1=O. The van der Waals surface area contributed by atoms with Gasteiger partial charge in [-0.1, -0.05) is 25.5 Å². The first kappa shape index (κ1) is 18.3. The van der Waals surface area contributed by atoms with E-state index < -0.39 is 5.97 Å². The molecule has 0 saturated carbocycles. The van der Waals surface area contributed by atoms with Crippen molar-refractivity contribution < 1.29 is 19.1 Å². The third-order valence-electron chi connectivity index (χ3n) is 4.37. The van der Waals surface area contributed by atoms with Gasteiger partial charge in [0, 0.05) is 6.54 Å². The molecule has 0 aromatic heterocycles. The minimum absolute atomic E-state index is 0.0148. The summed E-state index contributed by atoms with van der Waals surface area (Å²) >= 11 is 0. The molecule has 0 spiro atoms. The standard InChI is InChI=1S/C21H18N2O4/c1-2-3-9-23-19(24)17-8-7-16(11-18(17)20(23)25)21(26)27-13-15-6-4-5-14(10-15)12-22/h4-8,10-11H,2-3,9,13H2,1H3. The van der Waals surface area contributed by atoms with Gasteiger partial charge in [0.1, 0.15) is 6.61 Å². The van der Waals surface area contributed by atoms with Crippen LogP contribution in [0.2, 0.25) is 0 Å². The van der Waals surface area contributed by atoms with E-state index in [4.69, 9.17) is 10.00 Å². The lowest BCUT2D eigenvalue weighted by molar-refractivity contribution is 0.0472. The van der Waals surface area contributed by atoms with Crippen molar-refractivity contribution in [1.82, 2.24) is 4.90 Å². The topological polar surface area (TPSA) is 87.5 Å². The van der Waals surface area contributed by atoms with Crippen molar-refractivity contribution in [3.05, 3.63) is 70.3 Å². The second-order valence-electron chi connectivity index (χ2n) is 6.26. The van der Waals surface area contributed by atoms with Gasteiger partial charge in [-0.15, -0.1) is 0 Å². The summed E-state index contributed by atoms with van der Waals surface area (Å²) in [6.45, 7) is 2.37. The van der Waals surface area contributed by atoms with Gasteiger partial charge in [-0.25, -0.2) is 4.79 Å². The van der Waals surface area contributed by atoms with E-state index in [1.165, 1.54) is 23.1 Å². The number of imide groups is 1. The highest BCUT2D eigenvalue weighted by molar-refractivity contribution is 6.21. The highest BCUT2D eigenvalue weighted by atomic mass is 16.5. The fourth-order valence-electron chi connectivity index (χ4n) is 2.90. The molecule has 0 radical (unpaired) electrons. The van der Waals surface area contributed by atoms with E-state index in [1.807, 2.05) is 13.0 Å². The van der Waals surface area contributed by atoms with Crippen LogP contribution in [0.5, 0.6) is 0 Å². The van der Waals surface area contributed by atoms with E-state index in [0.717, 1.165) is 12.8 Å². The van der Waals surface area contributed by atoms with Gasteiger partial charge >= 0.3 is 5.97 Å². The van der Waals surface area contributed by atoms with Crippen LogP contribution in [0.3, 0.4) is 0 Å². The summed E-state index contributed by atoms with van der Waals surface area (Å²) in [6.07, 6.45) is 1.61. The van der Waals surface area contributed by atoms with Crippen LogP contribution in [0.4, 0.5) is 0 Å². The summed E-state index contributed by atoms with van der Waals surface area (Å²) < 4.78 is 5.27. The predicted molar refractivity (Wildman–Crippen MR) is 97.0 cm³/mol. The summed E-state index contributed by atoms with van der Waals surface area (Å²) in [5.74, 6) is -1.29. The smallest absolute Gasteiger partial charge is 0.338 e. The van der Waals surface area contributed by atoms with Crippen molar-refractivity contribution >= 4 is 17.8 Å². The van der Waals surface area contributed by atoms with Gasteiger partial charge in [0.05, 0.1) is 28.3 Å². The van der Waals surface area contributed by atoms with Crippen molar-refractivity contribution in [2.24, 2.45) is 0 Å². The Labute approximate surface area is 157 Å². The minimum Gasteiger partial charge on any atom is -0.457 e. The molecule has 0 N–H and O–H groups in total. The van der Waals surface area contributed by atoms with Crippen molar-refractivity contribution in [1.29, 1.82) is 5.26 Å². The molecule has 136 valence electrons. The molecule has 0 fully saturated rings. The van der Waals surface area contributed by atoms with Crippen LogP contribution in [0, 0.1) is 11.3 Å².